The van der Waals surface area contributed by atoms with Gasteiger partial charge < -0.3 is 5.73 Å². The van der Waals surface area contributed by atoms with Crippen LogP contribution in [-0.4, -0.2) is 16.0 Å². The van der Waals surface area contributed by atoms with E-state index in [9.17, 15) is 13.2 Å². The molecule has 0 aromatic carbocycles. The third-order valence-corrected chi connectivity index (χ3v) is 2.50. The van der Waals surface area contributed by atoms with E-state index < -0.39 is 11.9 Å². The van der Waals surface area contributed by atoms with Crippen LogP contribution in [0.3, 0.4) is 0 Å². The molecule has 0 fully saturated rings. The van der Waals surface area contributed by atoms with Gasteiger partial charge in [0.1, 0.15) is 0 Å². The first kappa shape index (κ1) is 16.0. The molecule has 0 bridgehead atoms. The minimum atomic E-state index is -4.47. The molecule has 0 aliphatic heterocycles. The SMILES string of the molecule is C\C=C(/N=C/C(N)=C/CC)c1cc(C(F)(F)F)nn1C. The summed E-state index contributed by atoms with van der Waals surface area (Å²) in [6.07, 6.45) is 1.07. The van der Waals surface area contributed by atoms with Crippen molar-refractivity contribution < 1.29 is 13.2 Å². The number of nitrogens with two attached hydrogens (primary N) is 1. The second-order valence-electron chi connectivity index (χ2n) is 4.08. The number of hydrogen-bond acceptors (Lipinski definition) is 3. The number of aliphatic imine (C=N–C) groups is 1. The monoisotopic (exact) mass is 286 g/mol. The Morgan fingerprint density at radius 2 is 2.15 bits per heavy atom. The molecule has 20 heavy (non-hydrogen) atoms. The van der Waals surface area contributed by atoms with Gasteiger partial charge in [0.15, 0.2) is 5.69 Å². The summed E-state index contributed by atoms with van der Waals surface area (Å²) >= 11 is 0. The van der Waals surface area contributed by atoms with Gasteiger partial charge in [0.25, 0.3) is 0 Å². The lowest BCUT2D eigenvalue weighted by atomic mass is 10.2. The Labute approximate surface area is 115 Å². The fraction of sp³-hybridized carbons (Fsp3) is 0.385. The number of rotatable bonds is 4. The Morgan fingerprint density at radius 3 is 2.60 bits per heavy atom. The number of hydrogen-bond donors (Lipinski definition) is 1. The molecule has 1 heterocycles. The predicted octanol–water partition coefficient (Wildman–Crippen LogP) is 3.12. The molecule has 0 saturated carbocycles. The molecule has 7 heteroatoms. The number of nitrogens with zero attached hydrogens (tertiary/aromatic N) is 3. The van der Waals surface area contributed by atoms with Crippen LogP contribution in [0.25, 0.3) is 5.70 Å². The normalized spacial score (nSPS) is 14.3. The van der Waals surface area contributed by atoms with Crippen LogP contribution in [0.4, 0.5) is 13.2 Å². The van der Waals surface area contributed by atoms with Crippen molar-refractivity contribution in [2.45, 2.75) is 26.4 Å². The first-order valence-corrected chi connectivity index (χ1v) is 6.07. The smallest absolute Gasteiger partial charge is 0.398 e. The van der Waals surface area contributed by atoms with E-state index in [0.29, 0.717) is 11.4 Å². The highest BCUT2D eigenvalue weighted by Gasteiger charge is 2.34. The van der Waals surface area contributed by atoms with Gasteiger partial charge in [-0.25, -0.2) is 0 Å². The van der Waals surface area contributed by atoms with Gasteiger partial charge >= 0.3 is 6.18 Å². The van der Waals surface area contributed by atoms with Crippen molar-refractivity contribution in [1.82, 2.24) is 9.78 Å². The van der Waals surface area contributed by atoms with Gasteiger partial charge in [-0.05, 0) is 19.4 Å². The molecule has 0 atom stereocenters. The highest BCUT2D eigenvalue weighted by atomic mass is 19.4. The number of allylic oxidation sites excluding steroid dienone is 3. The summed E-state index contributed by atoms with van der Waals surface area (Å²) < 4.78 is 38.9. The van der Waals surface area contributed by atoms with Crippen molar-refractivity contribution in [3.8, 4) is 0 Å². The quantitative estimate of drug-likeness (QED) is 0.865. The molecule has 4 nitrogen and oxygen atoms in total. The van der Waals surface area contributed by atoms with E-state index >= 15 is 0 Å². The Morgan fingerprint density at radius 1 is 1.50 bits per heavy atom. The average Bonchev–Trinajstić information content (AvgIpc) is 2.73. The van der Waals surface area contributed by atoms with E-state index in [4.69, 9.17) is 5.73 Å². The van der Waals surface area contributed by atoms with E-state index in [0.717, 1.165) is 17.2 Å². The largest absolute Gasteiger partial charge is 0.435 e. The predicted molar refractivity (Wildman–Crippen MR) is 72.9 cm³/mol. The Balaban J connectivity index is 3.09. The zero-order chi connectivity index (χ0) is 15.3. The molecular weight excluding hydrogens is 269 g/mol. The maximum atomic E-state index is 12.6. The van der Waals surface area contributed by atoms with Crippen LogP contribution in [0.5, 0.6) is 0 Å². The molecule has 1 rings (SSSR count). The molecule has 0 amide bonds. The first-order valence-electron chi connectivity index (χ1n) is 6.07. The van der Waals surface area contributed by atoms with Gasteiger partial charge in [-0.1, -0.05) is 19.1 Å². The summed E-state index contributed by atoms with van der Waals surface area (Å²) in [6, 6.07) is 0.965. The van der Waals surface area contributed by atoms with Crippen LogP contribution in [0.1, 0.15) is 31.7 Å². The molecule has 0 aliphatic carbocycles. The van der Waals surface area contributed by atoms with Crippen molar-refractivity contribution in [1.29, 1.82) is 0 Å². The van der Waals surface area contributed by atoms with Gasteiger partial charge in [-0.3, -0.25) is 9.67 Å². The molecule has 1 aromatic rings. The standard InChI is InChI=1S/C13H17F3N4/c1-4-6-9(17)8-18-10(5-2)11-7-12(13(14,15)16)19-20(11)3/h5-8H,4,17H2,1-3H3/b9-6-,10-5-,18-8+. The molecule has 0 unspecified atom stereocenters. The van der Waals surface area contributed by atoms with E-state index in [1.54, 1.807) is 19.1 Å². The summed E-state index contributed by atoms with van der Waals surface area (Å²) in [5, 5.41) is 3.45. The highest BCUT2D eigenvalue weighted by Crippen LogP contribution is 2.30. The second-order valence-corrected chi connectivity index (χ2v) is 4.08. The third-order valence-electron chi connectivity index (χ3n) is 2.50. The minimum Gasteiger partial charge on any atom is -0.398 e. The lowest BCUT2D eigenvalue weighted by Crippen LogP contribution is -2.06. The van der Waals surface area contributed by atoms with Crippen LogP contribution < -0.4 is 5.73 Å². The topological polar surface area (TPSA) is 56.2 Å². The van der Waals surface area contributed by atoms with Crippen molar-refractivity contribution in [3.63, 3.8) is 0 Å². The first-order chi connectivity index (χ1) is 9.29. The Bertz CT molecular complexity index is 550. The zero-order valence-corrected chi connectivity index (χ0v) is 11.6. The average molecular weight is 286 g/mol. The van der Waals surface area contributed by atoms with E-state index in [-0.39, 0.29) is 5.69 Å². The third kappa shape index (κ3) is 3.97. The van der Waals surface area contributed by atoms with Crippen molar-refractivity contribution in [2.24, 2.45) is 17.8 Å². The van der Waals surface area contributed by atoms with Crippen molar-refractivity contribution in [2.75, 3.05) is 0 Å². The summed E-state index contributed by atoms with van der Waals surface area (Å²) in [5.74, 6) is 0. The van der Waals surface area contributed by atoms with Crippen LogP contribution in [-0.2, 0) is 13.2 Å². The van der Waals surface area contributed by atoms with Gasteiger partial charge in [0.05, 0.1) is 17.6 Å². The molecule has 0 saturated heterocycles. The summed E-state index contributed by atoms with van der Waals surface area (Å²) in [4.78, 5) is 4.10. The lowest BCUT2D eigenvalue weighted by Gasteiger charge is -2.01. The lowest BCUT2D eigenvalue weighted by molar-refractivity contribution is -0.141. The van der Waals surface area contributed by atoms with Crippen LogP contribution in [0, 0.1) is 0 Å². The van der Waals surface area contributed by atoms with E-state index in [1.807, 2.05) is 6.92 Å². The molecule has 110 valence electrons. The fourth-order valence-electron chi connectivity index (χ4n) is 1.57. The summed E-state index contributed by atoms with van der Waals surface area (Å²) in [6.45, 7) is 3.61. The van der Waals surface area contributed by atoms with E-state index in [1.165, 1.54) is 13.3 Å². The molecular formula is C13H17F3N4. The Kier molecular flexibility index (Phi) is 5.12. The maximum absolute atomic E-state index is 12.6. The number of alkyl halides is 3. The van der Waals surface area contributed by atoms with Crippen LogP contribution >= 0.6 is 0 Å². The molecule has 0 aliphatic rings. The van der Waals surface area contributed by atoms with Crippen LogP contribution in [0.2, 0.25) is 0 Å². The van der Waals surface area contributed by atoms with Crippen molar-refractivity contribution >= 4 is 11.9 Å². The number of aryl methyl sites for hydroxylation is 1. The second kappa shape index (κ2) is 6.40. The molecule has 0 radical (unpaired) electrons. The fourth-order valence-corrected chi connectivity index (χ4v) is 1.57. The maximum Gasteiger partial charge on any atom is 0.435 e. The highest BCUT2D eigenvalue weighted by molar-refractivity contribution is 5.83. The van der Waals surface area contributed by atoms with E-state index in [2.05, 4.69) is 10.1 Å². The van der Waals surface area contributed by atoms with Gasteiger partial charge in [0.2, 0.25) is 0 Å². The zero-order valence-electron chi connectivity index (χ0n) is 11.6. The molecule has 2 N–H and O–H groups in total. The van der Waals surface area contributed by atoms with Crippen molar-refractivity contribution in [3.05, 3.63) is 35.3 Å². The summed E-state index contributed by atoms with van der Waals surface area (Å²) in [7, 11) is 1.44. The molecule has 0 spiro atoms. The van der Waals surface area contributed by atoms with Gasteiger partial charge in [-0.2, -0.15) is 18.3 Å². The van der Waals surface area contributed by atoms with Crippen LogP contribution in [0.15, 0.2) is 28.9 Å². The summed E-state index contributed by atoms with van der Waals surface area (Å²) in [5.41, 5.74) is 5.84. The Hall–Kier alpha value is -2.05. The number of aromatic nitrogens is 2. The number of halogens is 3. The molecule has 1 aromatic heterocycles. The van der Waals surface area contributed by atoms with Gasteiger partial charge in [-0.15, -0.1) is 0 Å². The van der Waals surface area contributed by atoms with Gasteiger partial charge in [0, 0.05) is 12.7 Å². The minimum absolute atomic E-state index is 0.278.